The standard InChI is InChI=1S/C18H32N2S/c1-6-13-9-8-10-14(11-13)17-20-15(7-2)16(21-17)12-19-18(3,4)5/h13-14,19H,6-12H2,1-5H3. The molecule has 3 heteroatoms. The summed E-state index contributed by atoms with van der Waals surface area (Å²) in [4.78, 5) is 6.46. The predicted molar refractivity (Wildman–Crippen MR) is 93.1 cm³/mol. The van der Waals surface area contributed by atoms with Crippen molar-refractivity contribution in [3.8, 4) is 0 Å². The first-order valence-corrected chi connectivity index (χ1v) is 9.48. The van der Waals surface area contributed by atoms with Crippen molar-refractivity contribution in [3.63, 3.8) is 0 Å². The van der Waals surface area contributed by atoms with E-state index in [4.69, 9.17) is 4.98 Å². The molecule has 0 bridgehead atoms. The quantitative estimate of drug-likeness (QED) is 0.800. The van der Waals surface area contributed by atoms with Crippen LogP contribution >= 0.6 is 11.3 Å². The summed E-state index contributed by atoms with van der Waals surface area (Å²) >= 11 is 1.97. The van der Waals surface area contributed by atoms with Gasteiger partial charge in [0, 0.05) is 22.9 Å². The number of rotatable bonds is 5. The zero-order chi connectivity index (χ0) is 15.5. The van der Waals surface area contributed by atoms with E-state index in [1.807, 2.05) is 11.3 Å². The highest BCUT2D eigenvalue weighted by Crippen LogP contribution is 2.39. The Bertz CT molecular complexity index is 445. The van der Waals surface area contributed by atoms with Crippen LogP contribution in [0.25, 0.3) is 0 Å². The van der Waals surface area contributed by atoms with E-state index in [-0.39, 0.29) is 5.54 Å². The summed E-state index contributed by atoms with van der Waals surface area (Å²) in [6, 6.07) is 0. The van der Waals surface area contributed by atoms with Gasteiger partial charge in [0.15, 0.2) is 0 Å². The monoisotopic (exact) mass is 308 g/mol. The smallest absolute Gasteiger partial charge is 0.0962 e. The molecule has 1 aliphatic carbocycles. The zero-order valence-corrected chi connectivity index (χ0v) is 15.3. The Balaban J connectivity index is 2.08. The Hall–Kier alpha value is -0.410. The highest BCUT2D eigenvalue weighted by molar-refractivity contribution is 7.11. The molecule has 21 heavy (non-hydrogen) atoms. The van der Waals surface area contributed by atoms with Gasteiger partial charge in [0.2, 0.25) is 0 Å². The van der Waals surface area contributed by atoms with Crippen LogP contribution in [0.2, 0.25) is 0 Å². The fourth-order valence-electron chi connectivity index (χ4n) is 3.22. The van der Waals surface area contributed by atoms with Crippen molar-refractivity contribution in [2.24, 2.45) is 5.92 Å². The molecule has 1 saturated carbocycles. The van der Waals surface area contributed by atoms with Crippen LogP contribution in [-0.2, 0) is 13.0 Å². The van der Waals surface area contributed by atoms with Gasteiger partial charge in [-0.25, -0.2) is 4.98 Å². The number of thiazole rings is 1. The SMILES string of the molecule is CCc1nc(C2CCCC(CC)C2)sc1CNC(C)(C)C. The molecule has 0 saturated heterocycles. The highest BCUT2D eigenvalue weighted by Gasteiger charge is 2.25. The molecule has 1 aliphatic rings. The van der Waals surface area contributed by atoms with E-state index in [1.54, 1.807) is 0 Å². The molecule has 1 aromatic heterocycles. The Kier molecular flexibility index (Phi) is 5.84. The molecule has 0 radical (unpaired) electrons. The molecule has 2 unspecified atom stereocenters. The Morgan fingerprint density at radius 1 is 1.24 bits per heavy atom. The summed E-state index contributed by atoms with van der Waals surface area (Å²) < 4.78 is 0. The minimum atomic E-state index is 0.174. The fourth-order valence-corrected chi connectivity index (χ4v) is 4.46. The molecule has 0 aliphatic heterocycles. The average Bonchev–Trinajstić information content (AvgIpc) is 2.88. The molecule has 2 rings (SSSR count). The first kappa shape index (κ1) is 17.0. The number of hydrogen-bond donors (Lipinski definition) is 1. The number of hydrogen-bond acceptors (Lipinski definition) is 3. The van der Waals surface area contributed by atoms with E-state index in [2.05, 4.69) is 39.9 Å². The molecular formula is C18H32N2S. The van der Waals surface area contributed by atoms with Crippen LogP contribution in [0, 0.1) is 5.92 Å². The molecule has 1 aromatic rings. The van der Waals surface area contributed by atoms with E-state index < -0.39 is 0 Å². The largest absolute Gasteiger partial charge is 0.307 e. The van der Waals surface area contributed by atoms with Gasteiger partial charge in [0.05, 0.1) is 10.7 Å². The summed E-state index contributed by atoms with van der Waals surface area (Å²) in [6.45, 7) is 12.2. The van der Waals surface area contributed by atoms with Crippen molar-refractivity contribution in [3.05, 3.63) is 15.6 Å². The molecule has 1 fully saturated rings. The predicted octanol–water partition coefficient (Wildman–Crippen LogP) is 5.28. The van der Waals surface area contributed by atoms with Crippen molar-refractivity contribution < 1.29 is 0 Å². The van der Waals surface area contributed by atoms with Gasteiger partial charge in [-0.15, -0.1) is 11.3 Å². The maximum absolute atomic E-state index is 5.00. The first-order valence-electron chi connectivity index (χ1n) is 8.66. The summed E-state index contributed by atoms with van der Waals surface area (Å²) in [6.07, 6.45) is 7.92. The van der Waals surface area contributed by atoms with Crippen LogP contribution in [0.5, 0.6) is 0 Å². The summed E-state index contributed by atoms with van der Waals surface area (Å²) in [7, 11) is 0. The number of nitrogens with zero attached hydrogens (tertiary/aromatic N) is 1. The second-order valence-electron chi connectivity index (χ2n) is 7.52. The molecule has 0 aromatic carbocycles. The highest BCUT2D eigenvalue weighted by atomic mass is 32.1. The van der Waals surface area contributed by atoms with Gasteiger partial charge in [0.25, 0.3) is 0 Å². The third kappa shape index (κ3) is 4.79. The summed E-state index contributed by atoms with van der Waals surface area (Å²) in [5, 5.41) is 5.03. The normalized spacial score (nSPS) is 23.5. The summed E-state index contributed by atoms with van der Waals surface area (Å²) in [5.74, 6) is 1.65. The summed E-state index contributed by atoms with van der Waals surface area (Å²) in [5.41, 5.74) is 1.50. The van der Waals surface area contributed by atoms with Gasteiger partial charge in [-0.05, 0) is 46.0 Å². The average molecular weight is 309 g/mol. The molecular weight excluding hydrogens is 276 g/mol. The second kappa shape index (κ2) is 7.23. The van der Waals surface area contributed by atoms with Crippen LogP contribution in [0.15, 0.2) is 0 Å². The minimum absolute atomic E-state index is 0.174. The third-order valence-corrected chi connectivity index (χ3v) is 5.88. The van der Waals surface area contributed by atoms with Crippen LogP contribution in [0.4, 0.5) is 0 Å². The first-order chi connectivity index (χ1) is 9.93. The fraction of sp³-hybridized carbons (Fsp3) is 0.833. The van der Waals surface area contributed by atoms with E-state index in [9.17, 15) is 0 Å². The van der Waals surface area contributed by atoms with Gasteiger partial charge >= 0.3 is 0 Å². The van der Waals surface area contributed by atoms with Crippen LogP contribution < -0.4 is 5.32 Å². The lowest BCUT2D eigenvalue weighted by Crippen LogP contribution is -2.35. The molecule has 0 amide bonds. The van der Waals surface area contributed by atoms with Crippen LogP contribution in [0.1, 0.15) is 88.2 Å². The van der Waals surface area contributed by atoms with E-state index in [0.717, 1.165) is 24.8 Å². The van der Waals surface area contributed by atoms with Gasteiger partial charge in [-0.2, -0.15) is 0 Å². The zero-order valence-electron chi connectivity index (χ0n) is 14.5. The van der Waals surface area contributed by atoms with Crippen molar-refractivity contribution in [2.45, 2.75) is 91.1 Å². The Morgan fingerprint density at radius 3 is 2.62 bits per heavy atom. The molecule has 1 heterocycles. The van der Waals surface area contributed by atoms with Crippen molar-refractivity contribution in [1.82, 2.24) is 10.3 Å². The van der Waals surface area contributed by atoms with E-state index >= 15 is 0 Å². The van der Waals surface area contributed by atoms with Gasteiger partial charge < -0.3 is 5.32 Å². The molecule has 0 spiro atoms. The van der Waals surface area contributed by atoms with E-state index in [0.29, 0.717) is 0 Å². The van der Waals surface area contributed by atoms with Gasteiger partial charge in [0.1, 0.15) is 0 Å². The third-order valence-electron chi connectivity index (χ3n) is 4.62. The molecule has 2 nitrogen and oxygen atoms in total. The molecule has 1 N–H and O–H groups in total. The van der Waals surface area contributed by atoms with Crippen molar-refractivity contribution in [2.75, 3.05) is 0 Å². The number of aryl methyl sites for hydroxylation is 1. The lowest BCUT2D eigenvalue weighted by atomic mass is 9.80. The van der Waals surface area contributed by atoms with Gasteiger partial charge in [-0.1, -0.05) is 33.1 Å². The van der Waals surface area contributed by atoms with Gasteiger partial charge in [-0.3, -0.25) is 0 Å². The van der Waals surface area contributed by atoms with E-state index in [1.165, 1.54) is 47.7 Å². The van der Waals surface area contributed by atoms with Crippen LogP contribution in [0.3, 0.4) is 0 Å². The minimum Gasteiger partial charge on any atom is -0.307 e. The lowest BCUT2D eigenvalue weighted by Gasteiger charge is -2.26. The van der Waals surface area contributed by atoms with Crippen molar-refractivity contribution >= 4 is 11.3 Å². The molecule has 2 atom stereocenters. The van der Waals surface area contributed by atoms with Crippen molar-refractivity contribution in [1.29, 1.82) is 0 Å². The second-order valence-corrected chi connectivity index (χ2v) is 8.63. The number of aromatic nitrogens is 1. The maximum Gasteiger partial charge on any atom is 0.0962 e. The Morgan fingerprint density at radius 2 is 2.00 bits per heavy atom. The maximum atomic E-state index is 5.00. The van der Waals surface area contributed by atoms with Crippen LogP contribution in [-0.4, -0.2) is 10.5 Å². The Labute approximate surface area is 134 Å². The number of nitrogens with one attached hydrogen (secondary N) is 1. The topological polar surface area (TPSA) is 24.9 Å². The molecule has 120 valence electrons. The lowest BCUT2D eigenvalue weighted by molar-refractivity contribution is 0.314.